The Morgan fingerprint density at radius 1 is 1.00 bits per heavy atom. The third kappa shape index (κ3) is 3.96. The lowest BCUT2D eigenvalue weighted by atomic mass is 10.2. The highest BCUT2D eigenvalue weighted by atomic mass is 79.9. The summed E-state index contributed by atoms with van der Waals surface area (Å²) in [6.45, 7) is 0. The van der Waals surface area contributed by atoms with Gasteiger partial charge in [0.15, 0.2) is 0 Å². The minimum absolute atomic E-state index is 0.472. The molecule has 3 nitrogen and oxygen atoms in total. The predicted octanol–water partition coefficient (Wildman–Crippen LogP) is 6.46. The Hall–Kier alpha value is -1.75. The van der Waals surface area contributed by atoms with Crippen LogP contribution in [0.5, 0.6) is 0 Å². The molecule has 0 saturated heterocycles. The van der Waals surface area contributed by atoms with Gasteiger partial charge in [0.05, 0.1) is 21.9 Å². The highest BCUT2D eigenvalue weighted by molar-refractivity contribution is 9.10. The number of furan rings is 1. The monoisotopic (exact) mass is 408 g/mol. The molecule has 0 aliphatic rings. The molecule has 0 saturated carbocycles. The van der Waals surface area contributed by atoms with Crippen LogP contribution in [0.3, 0.4) is 0 Å². The van der Waals surface area contributed by atoms with Gasteiger partial charge in [-0.2, -0.15) is 5.10 Å². The minimum Gasteiger partial charge on any atom is -0.455 e. The average Bonchev–Trinajstić information content (AvgIpc) is 3.01. The normalized spacial score (nSPS) is 11.1. The summed E-state index contributed by atoms with van der Waals surface area (Å²) in [6, 6.07) is 16.8. The van der Waals surface area contributed by atoms with Crippen LogP contribution < -0.4 is 5.43 Å². The van der Waals surface area contributed by atoms with Crippen molar-refractivity contribution in [2.45, 2.75) is 0 Å². The second-order valence-corrected chi connectivity index (χ2v) is 6.38. The predicted molar refractivity (Wildman–Crippen MR) is 99.5 cm³/mol. The molecule has 6 heteroatoms. The van der Waals surface area contributed by atoms with Gasteiger partial charge in [-0.15, -0.1) is 0 Å². The highest BCUT2D eigenvalue weighted by Crippen LogP contribution is 2.34. The molecule has 0 aliphatic heterocycles. The smallest absolute Gasteiger partial charge is 0.147 e. The quantitative estimate of drug-likeness (QED) is 0.396. The van der Waals surface area contributed by atoms with Crippen molar-refractivity contribution in [3.8, 4) is 11.3 Å². The number of nitrogens with zero attached hydrogens (tertiary/aromatic N) is 1. The first kappa shape index (κ1) is 16.1. The van der Waals surface area contributed by atoms with Crippen molar-refractivity contribution in [1.29, 1.82) is 0 Å². The van der Waals surface area contributed by atoms with Gasteiger partial charge in [0.25, 0.3) is 0 Å². The SMILES string of the molecule is Clc1cccc(-c2ccc(C=NNc3ccc(Br)cc3)o2)c1Cl. The number of hydrogen-bond donors (Lipinski definition) is 1. The third-order valence-corrected chi connectivity index (χ3v) is 4.42. The van der Waals surface area contributed by atoms with E-state index in [1.54, 1.807) is 12.3 Å². The summed E-state index contributed by atoms with van der Waals surface area (Å²) in [4.78, 5) is 0. The first-order valence-electron chi connectivity index (χ1n) is 6.72. The van der Waals surface area contributed by atoms with E-state index in [-0.39, 0.29) is 0 Å². The van der Waals surface area contributed by atoms with Gasteiger partial charge in [-0.1, -0.05) is 45.2 Å². The van der Waals surface area contributed by atoms with E-state index in [1.807, 2.05) is 48.5 Å². The zero-order chi connectivity index (χ0) is 16.2. The Morgan fingerprint density at radius 3 is 2.57 bits per heavy atom. The Labute approximate surface area is 152 Å². The molecule has 116 valence electrons. The summed E-state index contributed by atoms with van der Waals surface area (Å²) in [5.74, 6) is 1.25. The molecule has 0 unspecified atom stereocenters. The molecular formula is C17H11BrCl2N2O. The van der Waals surface area contributed by atoms with Gasteiger partial charge in [-0.3, -0.25) is 5.43 Å². The molecule has 23 heavy (non-hydrogen) atoms. The van der Waals surface area contributed by atoms with Gasteiger partial charge in [-0.05, 0) is 48.5 Å². The Kier molecular flexibility index (Phi) is 5.06. The van der Waals surface area contributed by atoms with E-state index in [1.165, 1.54) is 0 Å². The van der Waals surface area contributed by atoms with Crippen LogP contribution in [0.1, 0.15) is 5.76 Å². The summed E-state index contributed by atoms with van der Waals surface area (Å²) < 4.78 is 6.74. The number of anilines is 1. The number of halogens is 3. The van der Waals surface area contributed by atoms with Crippen molar-refractivity contribution in [3.05, 3.63) is 74.9 Å². The van der Waals surface area contributed by atoms with Crippen molar-refractivity contribution in [2.24, 2.45) is 5.10 Å². The van der Waals surface area contributed by atoms with Crippen molar-refractivity contribution in [3.63, 3.8) is 0 Å². The van der Waals surface area contributed by atoms with Crippen molar-refractivity contribution >= 4 is 51.0 Å². The lowest BCUT2D eigenvalue weighted by Gasteiger charge is -2.02. The summed E-state index contributed by atoms with van der Waals surface area (Å²) in [7, 11) is 0. The fourth-order valence-electron chi connectivity index (χ4n) is 1.96. The first-order valence-corrected chi connectivity index (χ1v) is 8.27. The Balaban J connectivity index is 1.73. The van der Waals surface area contributed by atoms with Crippen LogP contribution in [0.4, 0.5) is 5.69 Å². The van der Waals surface area contributed by atoms with E-state index < -0.39 is 0 Å². The summed E-state index contributed by atoms with van der Waals surface area (Å²) in [5, 5.41) is 5.11. The lowest BCUT2D eigenvalue weighted by Crippen LogP contribution is -1.89. The fourth-order valence-corrected chi connectivity index (χ4v) is 2.61. The number of benzene rings is 2. The maximum absolute atomic E-state index is 6.19. The molecule has 0 atom stereocenters. The standard InChI is InChI=1S/C17H11BrCl2N2O/c18-11-4-6-12(7-5-11)22-21-10-13-8-9-16(23-13)14-2-1-3-15(19)17(14)20/h1-10,22H. The molecule has 1 aromatic heterocycles. The van der Waals surface area contributed by atoms with Crippen molar-refractivity contribution < 1.29 is 4.42 Å². The van der Waals surface area contributed by atoms with Gasteiger partial charge in [-0.25, -0.2) is 0 Å². The van der Waals surface area contributed by atoms with Crippen molar-refractivity contribution in [1.82, 2.24) is 0 Å². The second-order valence-electron chi connectivity index (χ2n) is 4.68. The number of nitrogens with one attached hydrogen (secondary N) is 1. The van der Waals surface area contributed by atoms with Gasteiger partial charge in [0.1, 0.15) is 11.5 Å². The van der Waals surface area contributed by atoms with Crippen LogP contribution in [0.25, 0.3) is 11.3 Å². The van der Waals surface area contributed by atoms with E-state index in [9.17, 15) is 0 Å². The molecule has 2 aromatic carbocycles. The zero-order valence-corrected chi connectivity index (χ0v) is 14.9. The summed E-state index contributed by atoms with van der Waals surface area (Å²) in [5.41, 5.74) is 4.56. The molecular weight excluding hydrogens is 399 g/mol. The van der Waals surface area contributed by atoms with Crippen LogP contribution in [0.2, 0.25) is 10.0 Å². The molecule has 0 aliphatic carbocycles. The lowest BCUT2D eigenvalue weighted by molar-refractivity contribution is 0.575. The van der Waals surface area contributed by atoms with E-state index in [4.69, 9.17) is 27.6 Å². The highest BCUT2D eigenvalue weighted by Gasteiger charge is 2.10. The van der Waals surface area contributed by atoms with Crippen LogP contribution >= 0.6 is 39.1 Å². The van der Waals surface area contributed by atoms with E-state index in [0.29, 0.717) is 21.6 Å². The molecule has 0 fully saturated rings. The van der Waals surface area contributed by atoms with Gasteiger partial charge in [0.2, 0.25) is 0 Å². The molecule has 1 heterocycles. The van der Waals surface area contributed by atoms with Gasteiger partial charge in [0, 0.05) is 10.0 Å². The number of hydrogen-bond acceptors (Lipinski definition) is 3. The molecule has 1 N–H and O–H groups in total. The van der Waals surface area contributed by atoms with E-state index in [0.717, 1.165) is 15.7 Å². The molecule has 0 spiro atoms. The molecule has 3 aromatic rings. The average molecular weight is 410 g/mol. The maximum Gasteiger partial charge on any atom is 0.147 e. The largest absolute Gasteiger partial charge is 0.455 e. The second kappa shape index (κ2) is 7.21. The van der Waals surface area contributed by atoms with Crippen LogP contribution in [-0.2, 0) is 0 Å². The first-order chi connectivity index (χ1) is 11.1. The molecule has 0 bridgehead atoms. The maximum atomic E-state index is 6.19. The van der Waals surface area contributed by atoms with Gasteiger partial charge >= 0.3 is 0 Å². The zero-order valence-electron chi connectivity index (χ0n) is 11.8. The van der Waals surface area contributed by atoms with Crippen LogP contribution in [0.15, 0.2) is 68.6 Å². The minimum atomic E-state index is 0.472. The molecule has 0 radical (unpaired) electrons. The number of rotatable bonds is 4. The van der Waals surface area contributed by atoms with Crippen molar-refractivity contribution in [2.75, 3.05) is 5.43 Å². The summed E-state index contributed by atoms with van der Waals surface area (Å²) in [6.07, 6.45) is 1.60. The van der Waals surface area contributed by atoms with Gasteiger partial charge < -0.3 is 4.42 Å². The third-order valence-electron chi connectivity index (χ3n) is 3.07. The Bertz CT molecular complexity index is 844. The summed E-state index contributed by atoms with van der Waals surface area (Å²) >= 11 is 15.6. The molecule has 3 rings (SSSR count). The Morgan fingerprint density at radius 2 is 1.78 bits per heavy atom. The fraction of sp³-hybridized carbons (Fsp3) is 0. The molecule has 0 amide bonds. The van der Waals surface area contributed by atoms with E-state index in [2.05, 4.69) is 26.5 Å². The number of hydrazone groups is 1. The van der Waals surface area contributed by atoms with Crippen LogP contribution in [-0.4, -0.2) is 6.21 Å². The topological polar surface area (TPSA) is 37.5 Å². The van der Waals surface area contributed by atoms with Crippen LogP contribution in [0, 0.1) is 0 Å². The van der Waals surface area contributed by atoms with E-state index >= 15 is 0 Å².